The molecule has 2 heterocycles. The van der Waals surface area contributed by atoms with Crippen molar-refractivity contribution in [3.8, 4) is 17.2 Å². The molecule has 3 aromatic rings. The zero-order valence-electron chi connectivity index (χ0n) is 19.9. The number of aliphatic hydroxyl groups is 2. The minimum Gasteiger partial charge on any atom is -0.493 e. The van der Waals surface area contributed by atoms with Gasteiger partial charge in [0.2, 0.25) is 0 Å². The fraction of sp³-hybridized carbons (Fsp3) is 0.440. The maximum absolute atomic E-state index is 11.2. The van der Waals surface area contributed by atoms with Crippen LogP contribution in [-0.2, 0) is 13.1 Å². The van der Waals surface area contributed by atoms with Crippen molar-refractivity contribution in [1.29, 1.82) is 0 Å². The van der Waals surface area contributed by atoms with Crippen LogP contribution < -0.4 is 14.2 Å². The fourth-order valence-electron chi connectivity index (χ4n) is 4.13. The highest BCUT2D eigenvalue weighted by Crippen LogP contribution is 2.31. The molecule has 0 radical (unpaired) electrons. The van der Waals surface area contributed by atoms with E-state index in [4.69, 9.17) is 25.8 Å². The highest BCUT2D eigenvalue weighted by atomic mass is 35.5. The summed E-state index contributed by atoms with van der Waals surface area (Å²) in [5.74, 6) is 1.78. The van der Waals surface area contributed by atoms with Crippen molar-refractivity contribution >= 4 is 11.6 Å². The van der Waals surface area contributed by atoms with E-state index in [0.717, 1.165) is 11.1 Å². The van der Waals surface area contributed by atoms with Crippen LogP contribution in [0.3, 0.4) is 0 Å². The van der Waals surface area contributed by atoms with Gasteiger partial charge in [0.25, 0.3) is 0 Å². The van der Waals surface area contributed by atoms with Crippen LogP contribution in [0.5, 0.6) is 17.2 Å². The molecule has 1 aliphatic rings. The van der Waals surface area contributed by atoms with Gasteiger partial charge >= 0.3 is 0 Å². The Labute approximate surface area is 209 Å². The van der Waals surface area contributed by atoms with Gasteiger partial charge < -0.3 is 29.0 Å². The number of hydrogen-bond donors (Lipinski definition) is 2. The monoisotopic (exact) mass is 502 g/mol. The highest BCUT2D eigenvalue weighted by Gasteiger charge is 2.42. The van der Waals surface area contributed by atoms with Crippen LogP contribution in [0.2, 0.25) is 5.02 Å². The first-order chi connectivity index (χ1) is 16.9. The van der Waals surface area contributed by atoms with Crippen molar-refractivity contribution in [3.63, 3.8) is 0 Å². The number of ether oxygens (including phenoxy) is 3. The Bertz CT molecular complexity index is 1110. The molecule has 2 atom stereocenters. The Kier molecular flexibility index (Phi) is 8.12. The number of halogens is 1. The molecule has 188 valence electrons. The van der Waals surface area contributed by atoms with Crippen LogP contribution in [-0.4, -0.2) is 75.0 Å². The van der Waals surface area contributed by atoms with Crippen molar-refractivity contribution in [1.82, 2.24) is 19.7 Å². The van der Waals surface area contributed by atoms with E-state index in [-0.39, 0.29) is 13.2 Å². The van der Waals surface area contributed by atoms with E-state index in [2.05, 4.69) is 15.1 Å². The number of benzene rings is 2. The van der Waals surface area contributed by atoms with Gasteiger partial charge in [-0.2, -0.15) is 0 Å². The summed E-state index contributed by atoms with van der Waals surface area (Å²) in [6.07, 6.45) is 2.81. The Morgan fingerprint density at radius 1 is 1.09 bits per heavy atom. The number of aryl methyl sites for hydroxylation is 1. The first-order valence-corrected chi connectivity index (χ1v) is 11.9. The van der Waals surface area contributed by atoms with Crippen molar-refractivity contribution in [2.75, 3.05) is 33.4 Å². The summed E-state index contributed by atoms with van der Waals surface area (Å²) in [4.78, 5) is 2.09. The van der Waals surface area contributed by atoms with E-state index in [9.17, 15) is 10.2 Å². The molecule has 1 aromatic heterocycles. The molecule has 1 fully saturated rings. The summed E-state index contributed by atoms with van der Waals surface area (Å²) in [6.45, 7) is 4.41. The minimum atomic E-state index is -1.42. The first-order valence-electron chi connectivity index (χ1n) is 11.5. The topological polar surface area (TPSA) is 102 Å². The van der Waals surface area contributed by atoms with Gasteiger partial charge in [-0.05, 0) is 48.7 Å². The highest BCUT2D eigenvalue weighted by molar-refractivity contribution is 6.32. The molecule has 2 N–H and O–H groups in total. The standard InChI is InChI=1S/C25H31ClN4O5/c1-18-3-5-20(26)22(11-18)35-15-25(32)14-29(8-7-24(25)31)13-19-4-6-21(33-2)23(12-19)34-10-9-30-16-27-28-17-30/h3-6,11-12,16-17,24,31-32H,7-10,13-15H2,1-2H3/t24-,25-/m0/s1. The number of aromatic nitrogens is 3. The number of likely N-dealkylation sites (tertiary alicyclic amines) is 1. The van der Waals surface area contributed by atoms with Gasteiger partial charge in [-0.15, -0.1) is 10.2 Å². The number of methoxy groups -OCH3 is 1. The predicted molar refractivity (Wildman–Crippen MR) is 131 cm³/mol. The summed E-state index contributed by atoms with van der Waals surface area (Å²) >= 11 is 6.23. The Balaban J connectivity index is 1.39. The van der Waals surface area contributed by atoms with Gasteiger partial charge in [0.15, 0.2) is 11.5 Å². The van der Waals surface area contributed by atoms with Crippen molar-refractivity contribution < 1.29 is 24.4 Å². The molecule has 4 rings (SSSR count). The summed E-state index contributed by atoms with van der Waals surface area (Å²) in [5, 5.41) is 29.8. The Morgan fingerprint density at radius 2 is 1.89 bits per heavy atom. The third-order valence-corrected chi connectivity index (χ3v) is 6.42. The van der Waals surface area contributed by atoms with Crippen molar-refractivity contribution in [2.24, 2.45) is 0 Å². The number of piperidine rings is 1. The fourth-order valence-corrected chi connectivity index (χ4v) is 4.31. The molecule has 0 bridgehead atoms. The number of aliphatic hydroxyl groups excluding tert-OH is 1. The summed E-state index contributed by atoms with van der Waals surface area (Å²) in [5.41, 5.74) is 0.587. The molecule has 0 saturated carbocycles. The van der Waals surface area contributed by atoms with E-state index in [1.54, 1.807) is 25.8 Å². The van der Waals surface area contributed by atoms with Crippen LogP contribution in [0.25, 0.3) is 0 Å². The molecule has 0 spiro atoms. The van der Waals surface area contributed by atoms with Crippen LogP contribution in [0.15, 0.2) is 49.1 Å². The van der Waals surface area contributed by atoms with Crippen LogP contribution in [0.1, 0.15) is 17.5 Å². The normalized spacial score (nSPS) is 20.5. The second-order valence-corrected chi connectivity index (χ2v) is 9.28. The van der Waals surface area contributed by atoms with E-state index >= 15 is 0 Å². The second-order valence-electron chi connectivity index (χ2n) is 8.87. The first kappa shape index (κ1) is 25.2. The zero-order chi connectivity index (χ0) is 24.8. The smallest absolute Gasteiger partial charge is 0.161 e. The van der Waals surface area contributed by atoms with Gasteiger partial charge in [-0.1, -0.05) is 23.7 Å². The molecule has 1 aliphatic heterocycles. The molecule has 0 unspecified atom stereocenters. The minimum absolute atomic E-state index is 0.0616. The van der Waals surface area contributed by atoms with E-state index in [1.165, 1.54) is 0 Å². The zero-order valence-corrected chi connectivity index (χ0v) is 20.7. The number of nitrogens with zero attached hydrogens (tertiary/aromatic N) is 4. The molecule has 2 aromatic carbocycles. The van der Waals surface area contributed by atoms with Gasteiger partial charge in [0, 0.05) is 19.6 Å². The quantitative estimate of drug-likeness (QED) is 0.436. The van der Waals surface area contributed by atoms with Crippen LogP contribution in [0.4, 0.5) is 0 Å². The molecule has 10 heteroatoms. The van der Waals surface area contributed by atoms with Gasteiger partial charge in [0.1, 0.15) is 37.2 Å². The average molecular weight is 503 g/mol. The number of rotatable bonds is 10. The Hall–Kier alpha value is -2.85. The van der Waals surface area contributed by atoms with Gasteiger partial charge in [0.05, 0.1) is 24.8 Å². The lowest BCUT2D eigenvalue weighted by Gasteiger charge is -2.42. The molecule has 35 heavy (non-hydrogen) atoms. The average Bonchev–Trinajstić information content (AvgIpc) is 3.36. The third kappa shape index (κ3) is 6.43. The van der Waals surface area contributed by atoms with E-state index < -0.39 is 11.7 Å². The lowest BCUT2D eigenvalue weighted by molar-refractivity contribution is -0.140. The van der Waals surface area contributed by atoms with Gasteiger partial charge in [-0.3, -0.25) is 4.90 Å². The van der Waals surface area contributed by atoms with Gasteiger partial charge in [-0.25, -0.2) is 0 Å². The summed E-state index contributed by atoms with van der Waals surface area (Å²) in [7, 11) is 1.61. The molecule has 1 saturated heterocycles. The maximum Gasteiger partial charge on any atom is 0.161 e. The lowest BCUT2D eigenvalue weighted by atomic mass is 9.90. The Morgan fingerprint density at radius 3 is 2.66 bits per heavy atom. The van der Waals surface area contributed by atoms with E-state index in [1.807, 2.05) is 41.8 Å². The predicted octanol–water partition coefficient (Wildman–Crippen LogP) is 2.70. The lowest BCUT2D eigenvalue weighted by Crippen LogP contribution is -2.59. The largest absolute Gasteiger partial charge is 0.493 e. The van der Waals surface area contributed by atoms with E-state index in [0.29, 0.717) is 54.9 Å². The SMILES string of the molecule is COc1ccc(CN2CC[C@H](O)[C@@](O)(COc3cc(C)ccc3Cl)C2)cc1OCCn1cnnc1. The third-order valence-electron chi connectivity index (χ3n) is 6.11. The molecular weight excluding hydrogens is 472 g/mol. The molecule has 9 nitrogen and oxygen atoms in total. The second kappa shape index (κ2) is 11.3. The summed E-state index contributed by atoms with van der Waals surface area (Å²) in [6, 6.07) is 11.3. The number of hydrogen-bond acceptors (Lipinski definition) is 8. The molecular formula is C25H31ClN4O5. The molecule has 0 amide bonds. The summed E-state index contributed by atoms with van der Waals surface area (Å²) < 4.78 is 19.1. The van der Waals surface area contributed by atoms with Crippen molar-refractivity contribution in [3.05, 3.63) is 65.2 Å². The maximum atomic E-state index is 11.2. The number of β-amino-alcohol motifs (C(OH)–C–C–N with tert-alkyl or cyclic N) is 1. The molecule has 0 aliphatic carbocycles. The van der Waals surface area contributed by atoms with Crippen LogP contribution in [0, 0.1) is 6.92 Å². The van der Waals surface area contributed by atoms with Crippen LogP contribution >= 0.6 is 11.6 Å². The van der Waals surface area contributed by atoms with Crippen molar-refractivity contribution in [2.45, 2.75) is 38.1 Å².